The molecule has 0 aromatic heterocycles. The first-order valence-corrected chi connectivity index (χ1v) is 4.13. The molecular formula is C7H13ClFN. The van der Waals surface area contributed by atoms with Crippen LogP contribution in [0, 0.1) is 0 Å². The van der Waals surface area contributed by atoms with Crippen molar-refractivity contribution in [3.63, 3.8) is 0 Å². The number of hydrogen-bond acceptors (Lipinski definition) is 1. The molecule has 0 heterocycles. The van der Waals surface area contributed by atoms with Crippen molar-refractivity contribution in [1.29, 1.82) is 0 Å². The number of hydrogen-bond donors (Lipinski definition) is 1. The Kier molecular flexibility index (Phi) is 2.93. The Hall–Kier alpha value is 0.180. The molecule has 3 heteroatoms. The maximum absolute atomic E-state index is 13.0. The summed E-state index contributed by atoms with van der Waals surface area (Å²) in [5.41, 5.74) is 0. The Balaban J connectivity index is 2.36. The molecule has 10 heavy (non-hydrogen) atoms. The third kappa shape index (κ3) is 1.83. The fourth-order valence-electron chi connectivity index (χ4n) is 1.39. The number of halogens is 2. The first kappa shape index (κ1) is 8.28. The molecule has 0 amide bonds. The van der Waals surface area contributed by atoms with Gasteiger partial charge in [0.25, 0.3) is 0 Å². The third-order valence-electron chi connectivity index (χ3n) is 2.08. The molecule has 0 bridgehead atoms. The van der Waals surface area contributed by atoms with Gasteiger partial charge in [0.15, 0.2) is 0 Å². The lowest BCUT2D eigenvalue weighted by atomic mass is 9.93. The van der Waals surface area contributed by atoms with E-state index in [1.807, 2.05) is 0 Å². The highest BCUT2D eigenvalue weighted by Gasteiger charge is 2.27. The van der Waals surface area contributed by atoms with Crippen molar-refractivity contribution in [1.82, 2.24) is 5.32 Å². The van der Waals surface area contributed by atoms with Gasteiger partial charge in [-0.05, 0) is 26.3 Å². The summed E-state index contributed by atoms with van der Waals surface area (Å²) in [4.78, 5) is 0. The van der Waals surface area contributed by atoms with Crippen LogP contribution in [0.3, 0.4) is 0 Å². The maximum Gasteiger partial charge on any atom is 0.117 e. The van der Waals surface area contributed by atoms with Crippen molar-refractivity contribution in [3.8, 4) is 0 Å². The predicted molar refractivity (Wildman–Crippen MR) is 41.2 cm³/mol. The second-order valence-electron chi connectivity index (χ2n) is 2.82. The predicted octanol–water partition coefficient (Wildman–Crippen LogP) is 1.70. The molecule has 0 aromatic carbocycles. The zero-order valence-corrected chi connectivity index (χ0v) is 6.87. The van der Waals surface area contributed by atoms with Gasteiger partial charge in [-0.1, -0.05) is 0 Å². The van der Waals surface area contributed by atoms with E-state index in [-0.39, 0.29) is 11.4 Å². The zero-order chi connectivity index (χ0) is 7.56. The molecule has 1 fully saturated rings. The van der Waals surface area contributed by atoms with Gasteiger partial charge in [-0.25, -0.2) is 4.39 Å². The molecule has 1 rings (SSSR count). The summed E-state index contributed by atoms with van der Waals surface area (Å²) in [6.45, 7) is 0. The smallest absolute Gasteiger partial charge is 0.117 e. The highest BCUT2D eigenvalue weighted by Crippen LogP contribution is 2.25. The molecule has 1 N–H and O–H groups in total. The van der Waals surface area contributed by atoms with Crippen LogP contribution >= 0.6 is 11.6 Å². The van der Waals surface area contributed by atoms with Crippen molar-refractivity contribution in [2.75, 3.05) is 7.05 Å². The van der Waals surface area contributed by atoms with Crippen molar-refractivity contribution in [2.45, 2.75) is 36.9 Å². The summed E-state index contributed by atoms with van der Waals surface area (Å²) in [6, 6.07) is 0.0370. The minimum Gasteiger partial charge on any atom is -0.314 e. The summed E-state index contributed by atoms with van der Waals surface area (Å²) in [5, 5.41) is 3.00. The maximum atomic E-state index is 13.0. The van der Waals surface area contributed by atoms with Crippen molar-refractivity contribution >= 4 is 11.6 Å². The average Bonchev–Trinajstić information content (AvgIpc) is 1.88. The van der Waals surface area contributed by atoms with E-state index in [0.29, 0.717) is 6.42 Å². The molecule has 1 aliphatic carbocycles. The SMILES string of the molecule is CNC1CCC(Cl)CC1F. The molecule has 0 radical (unpaired) electrons. The Morgan fingerprint density at radius 2 is 2.20 bits per heavy atom. The highest BCUT2D eigenvalue weighted by molar-refractivity contribution is 6.20. The zero-order valence-electron chi connectivity index (χ0n) is 6.11. The fourth-order valence-corrected chi connectivity index (χ4v) is 1.69. The van der Waals surface area contributed by atoms with Crippen LogP contribution in [0.2, 0.25) is 0 Å². The minimum absolute atomic E-state index is 0.0370. The molecule has 0 aromatic rings. The third-order valence-corrected chi connectivity index (χ3v) is 2.48. The van der Waals surface area contributed by atoms with Crippen LogP contribution in [0.5, 0.6) is 0 Å². The average molecular weight is 166 g/mol. The first-order valence-electron chi connectivity index (χ1n) is 3.69. The van der Waals surface area contributed by atoms with Crippen LogP contribution in [0.4, 0.5) is 4.39 Å². The Labute approximate surface area is 65.9 Å². The van der Waals surface area contributed by atoms with Crippen LogP contribution in [-0.4, -0.2) is 24.6 Å². The molecule has 1 aliphatic rings. The van der Waals surface area contributed by atoms with Gasteiger partial charge in [-0.15, -0.1) is 11.6 Å². The first-order chi connectivity index (χ1) is 4.74. The molecule has 0 aliphatic heterocycles. The van der Waals surface area contributed by atoms with Gasteiger partial charge in [-0.3, -0.25) is 0 Å². The molecule has 1 nitrogen and oxygen atoms in total. The molecule has 60 valence electrons. The minimum atomic E-state index is -0.749. The molecule has 3 atom stereocenters. The van der Waals surface area contributed by atoms with E-state index in [9.17, 15) is 4.39 Å². The summed E-state index contributed by atoms with van der Waals surface area (Å²) in [7, 11) is 1.80. The summed E-state index contributed by atoms with van der Waals surface area (Å²) >= 11 is 5.77. The molecule has 0 saturated heterocycles. The number of alkyl halides is 2. The van der Waals surface area contributed by atoms with E-state index in [0.717, 1.165) is 12.8 Å². The Bertz CT molecular complexity index is 110. The lowest BCUT2D eigenvalue weighted by Gasteiger charge is -2.28. The van der Waals surface area contributed by atoms with E-state index < -0.39 is 6.17 Å². The summed E-state index contributed by atoms with van der Waals surface area (Å²) < 4.78 is 13.0. The van der Waals surface area contributed by atoms with Crippen LogP contribution in [-0.2, 0) is 0 Å². The van der Waals surface area contributed by atoms with Gasteiger partial charge in [0.2, 0.25) is 0 Å². The van der Waals surface area contributed by atoms with Gasteiger partial charge >= 0.3 is 0 Å². The monoisotopic (exact) mass is 165 g/mol. The molecular weight excluding hydrogens is 153 g/mol. The van der Waals surface area contributed by atoms with E-state index in [1.165, 1.54) is 0 Å². The van der Waals surface area contributed by atoms with Gasteiger partial charge in [0, 0.05) is 11.4 Å². The second kappa shape index (κ2) is 3.54. The lowest BCUT2D eigenvalue weighted by molar-refractivity contribution is 0.199. The quantitative estimate of drug-likeness (QED) is 0.584. The molecule has 0 spiro atoms. The van der Waals surface area contributed by atoms with E-state index in [4.69, 9.17) is 11.6 Å². The van der Waals surface area contributed by atoms with Crippen LogP contribution in [0.1, 0.15) is 19.3 Å². The van der Waals surface area contributed by atoms with E-state index in [1.54, 1.807) is 7.05 Å². The normalized spacial score (nSPS) is 41.7. The standard InChI is InChI=1S/C7H13ClFN/c1-10-7-3-2-5(8)4-6(7)9/h5-7,10H,2-4H2,1H3. The van der Waals surface area contributed by atoms with E-state index in [2.05, 4.69) is 5.32 Å². The van der Waals surface area contributed by atoms with Crippen molar-refractivity contribution < 1.29 is 4.39 Å². The second-order valence-corrected chi connectivity index (χ2v) is 3.44. The van der Waals surface area contributed by atoms with Gasteiger partial charge in [0.05, 0.1) is 0 Å². The Morgan fingerprint density at radius 1 is 1.50 bits per heavy atom. The van der Waals surface area contributed by atoms with Crippen molar-refractivity contribution in [3.05, 3.63) is 0 Å². The molecule has 1 saturated carbocycles. The number of nitrogens with one attached hydrogen (secondary N) is 1. The van der Waals surface area contributed by atoms with Crippen LogP contribution in [0.25, 0.3) is 0 Å². The fraction of sp³-hybridized carbons (Fsp3) is 1.00. The number of rotatable bonds is 1. The van der Waals surface area contributed by atoms with Gasteiger partial charge in [0.1, 0.15) is 6.17 Å². The van der Waals surface area contributed by atoms with Crippen molar-refractivity contribution in [2.24, 2.45) is 0 Å². The van der Waals surface area contributed by atoms with Crippen LogP contribution in [0.15, 0.2) is 0 Å². The lowest BCUT2D eigenvalue weighted by Crippen LogP contribution is -2.40. The van der Waals surface area contributed by atoms with Crippen LogP contribution < -0.4 is 5.32 Å². The largest absolute Gasteiger partial charge is 0.314 e. The highest BCUT2D eigenvalue weighted by atomic mass is 35.5. The Morgan fingerprint density at radius 3 is 2.70 bits per heavy atom. The van der Waals surface area contributed by atoms with E-state index >= 15 is 0 Å². The summed E-state index contributed by atoms with van der Waals surface area (Å²) in [6.07, 6.45) is 1.56. The summed E-state index contributed by atoms with van der Waals surface area (Å²) in [5.74, 6) is 0. The molecule has 3 unspecified atom stereocenters. The van der Waals surface area contributed by atoms with Gasteiger partial charge < -0.3 is 5.32 Å². The van der Waals surface area contributed by atoms with Gasteiger partial charge in [-0.2, -0.15) is 0 Å². The topological polar surface area (TPSA) is 12.0 Å².